The van der Waals surface area contributed by atoms with Crippen LogP contribution >= 0.6 is 0 Å². The Hall–Kier alpha value is -1.83. The third kappa shape index (κ3) is 1.01. The highest BCUT2D eigenvalue weighted by atomic mass is 15.3. The quantitative estimate of drug-likeness (QED) is 0.665. The molecule has 1 aliphatic heterocycles. The Balaban J connectivity index is 2.37. The third-order valence-electron chi connectivity index (χ3n) is 2.59. The normalized spacial score (nSPS) is 13.7. The van der Waals surface area contributed by atoms with Crippen molar-refractivity contribution in [1.29, 1.82) is 0 Å². The number of rotatable bonds is 0. The molecule has 3 rings (SSSR count). The maximum Gasteiger partial charge on any atom is 0.0675 e. The van der Waals surface area contributed by atoms with E-state index < -0.39 is 0 Å². The second kappa shape index (κ2) is 2.84. The Bertz CT molecular complexity index is 515. The Morgan fingerprint density at radius 3 is 3.00 bits per heavy atom. The molecule has 0 aliphatic carbocycles. The fraction of sp³-hybridized carbons (Fsp3) is 0.0833. The number of hydrazone groups is 1. The average Bonchev–Trinajstić information content (AvgIpc) is 2.29. The van der Waals surface area contributed by atoms with E-state index in [4.69, 9.17) is 0 Å². The van der Waals surface area contributed by atoms with Crippen LogP contribution in [0.15, 0.2) is 41.5 Å². The molecule has 0 saturated heterocycles. The zero-order chi connectivity index (χ0) is 9.38. The number of hydrogen-bond acceptors (Lipinski definition) is 2. The summed E-state index contributed by atoms with van der Waals surface area (Å²) in [6.45, 7) is 0. The first kappa shape index (κ1) is 7.56. The van der Waals surface area contributed by atoms with Gasteiger partial charge in [-0.2, -0.15) is 5.10 Å². The molecule has 0 unspecified atom stereocenters. The zero-order valence-corrected chi connectivity index (χ0v) is 7.70. The van der Waals surface area contributed by atoms with E-state index in [1.165, 1.54) is 16.3 Å². The summed E-state index contributed by atoms with van der Waals surface area (Å²) in [7, 11) is 0. The van der Waals surface area contributed by atoms with E-state index in [9.17, 15) is 0 Å². The van der Waals surface area contributed by atoms with Crippen molar-refractivity contribution in [1.82, 2.24) is 0 Å². The Labute approximate surface area is 82.3 Å². The van der Waals surface area contributed by atoms with Crippen LogP contribution in [-0.4, -0.2) is 6.21 Å². The van der Waals surface area contributed by atoms with Crippen LogP contribution in [0.2, 0.25) is 0 Å². The Morgan fingerprint density at radius 2 is 2.00 bits per heavy atom. The van der Waals surface area contributed by atoms with Crippen molar-refractivity contribution in [2.75, 3.05) is 5.43 Å². The standard InChI is InChI=1S/C12H10N2/c1-2-4-11-9(3-1)5-6-10-7-8-13-14-12(10)11/h1-6,8,14H,7H2. The van der Waals surface area contributed by atoms with E-state index in [-0.39, 0.29) is 0 Å². The molecule has 1 heterocycles. The van der Waals surface area contributed by atoms with Crippen LogP contribution in [0.4, 0.5) is 5.69 Å². The van der Waals surface area contributed by atoms with Crippen LogP contribution in [0.25, 0.3) is 10.8 Å². The van der Waals surface area contributed by atoms with Crippen LogP contribution in [-0.2, 0) is 6.42 Å². The number of hydrogen-bond donors (Lipinski definition) is 1. The smallest absolute Gasteiger partial charge is 0.0675 e. The molecule has 0 atom stereocenters. The van der Waals surface area contributed by atoms with E-state index >= 15 is 0 Å². The predicted molar refractivity (Wildman–Crippen MR) is 59.8 cm³/mol. The number of benzene rings is 2. The summed E-state index contributed by atoms with van der Waals surface area (Å²) in [5.41, 5.74) is 5.55. The average molecular weight is 182 g/mol. The molecular formula is C12H10N2. The molecule has 14 heavy (non-hydrogen) atoms. The van der Waals surface area contributed by atoms with Gasteiger partial charge in [-0.15, -0.1) is 0 Å². The van der Waals surface area contributed by atoms with E-state index in [0.717, 1.165) is 12.1 Å². The van der Waals surface area contributed by atoms with Crippen molar-refractivity contribution in [2.45, 2.75) is 6.42 Å². The summed E-state index contributed by atoms with van der Waals surface area (Å²) in [4.78, 5) is 0. The Kier molecular flexibility index (Phi) is 1.53. The molecule has 2 nitrogen and oxygen atoms in total. The van der Waals surface area contributed by atoms with Crippen molar-refractivity contribution in [3.63, 3.8) is 0 Å². The first-order valence-electron chi connectivity index (χ1n) is 4.73. The monoisotopic (exact) mass is 182 g/mol. The fourth-order valence-corrected chi connectivity index (χ4v) is 1.87. The minimum Gasteiger partial charge on any atom is -0.278 e. The highest BCUT2D eigenvalue weighted by Gasteiger charge is 2.08. The molecule has 68 valence electrons. The lowest BCUT2D eigenvalue weighted by Crippen LogP contribution is -2.03. The lowest BCUT2D eigenvalue weighted by Gasteiger charge is -2.14. The molecule has 2 heteroatoms. The van der Waals surface area contributed by atoms with Crippen LogP contribution in [0, 0.1) is 0 Å². The van der Waals surface area contributed by atoms with Crippen LogP contribution < -0.4 is 5.43 Å². The topological polar surface area (TPSA) is 24.4 Å². The van der Waals surface area contributed by atoms with Gasteiger partial charge in [0.25, 0.3) is 0 Å². The highest BCUT2D eigenvalue weighted by Crippen LogP contribution is 2.28. The van der Waals surface area contributed by atoms with Crippen molar-refractivity contribution < 1.29 is 0 Å². The maximum absolute atomic E-state index is 4.09. The molecule has 2 aromatic rings. The zero-order valence-electron chi connectivity index (χ0n) is 7.70. The number of nitrogens with zero attached hydrogens (tertiary/aromatic N) is 1. The summed E-state index contributed by atoms with van der Waals surface area (Å²) in [5, 5.41) is 6.61. The molecule has 0 aromatic heterocycles. The van der Waals surface area contributed by atoms with Gasteiger partial charge in [-0.3, -0.25) is 5.43 Å². The SMILES string of the molecule is C1=NNc2c(ccc3ccccc23)C1. The molecule has 1 aliphatic rings. The summed E-state index contributed by atoms with van der Waals surface area (Å²) in [6.07, 6.45) is 2.82. The van der Waals surface area contributed by atoms with Crippen molar-refractivity contribution in [3.8, 4) is 0 Å². The molecule has 0 fully saturated rings. The van der Waals surface area contributed by atoms with Gasteiger partial charge < -0.3 is 0 Å². The minimum absolute atomic E-state index is 0.924. The summed E-state index contributed by atoms with van der Waals surface area (Å²) >= 11 is 0. The van der Waals surface area contributed by atoms with Crippen molar-refractivity contribution >= 4 is 22.7 Å². The second-order valence-corrected chi connectivity index (χ2v) is 3.45. The summed E-state index contributed by atoms with van der Waals surface area (Å²) < 4.78 is 0. The van der Waals surface area contributed by atoms with Crippen LogP contribution in [0.5, 0.6) is 0 Å². The minimum atomic E-state index is 0.924. The van der Waals surface area contributed by atoms with Gasteiger partial charge in [-0.05, 0) is 10.9 Å². The van der Waals surface area contributed by atoms with Gasteiger partial charge in [0.1, 0.15) is 0 Å². The molecule has 1 N–H and O–H groups in total. The van der Waals surface area contributed by atoms with E-state index in [1.54, 1.807) is 0 Å². The van der Waals surface area contributed by atoms with E-state index in [2.05, 4.69) is 46.9 Å². The molecule has 2 aromatic carbocycles. The van der Waals surface area contributed by atoms with Crippen molar-refractivity contribution in [3.05, 3.63) is 42.0 Å². The van der Waals surface area contributed by atoms with Crippen LogP contribution in [0.1, 0.15) is 5.56 Å². The highest BCUT2D eigenvalue weighted by molar-refractivity contribution is 5.97. The van der Waals surface area contributed by atoms with Gasteiger partial charge in [0.2, 0.25) is 0 Å². The van der Waals surface area contributed by atoms with E-state index in [0.29, 0.717) is 0 Å². The van der Waals surface area contributed by atoms with Gasteiger partial charge in [-0.1, -0.05) is 36.4 Å². The first-order valence-corrected chi connectivity index (χ1v) is 4.73. The number of anilines is 1. The summed E-state index contributed by atoms with van der Waals surface area (Å²) in [6, 6.07) is 12.7. The molecule has 0 spiro atoms. The first-order chi connectivity index (χ1) is 6.95. The van der Waals surface area contributed by atoms with Gasteiger partial charge >= 0.3 is 0 Å². The predicted octanol–water partition coefficient (Wildman–Crippen LogP) is 2.79. The molecule has 0 amide bonds. The second-order valence-electron chi connectivity index (χ2n) is 3.45. The van der Waals surface area contributed by atoms with Gasteiger partial charge in [0.15, 0.2) is 0 Å². The molecule has 0 bridgehead atoms. The van der Waals surface area contributed by atoms with Gasteiger partial charge in [0.05, 0.1) is 5.69 Å². The lowest BCUT2D eigenvalue weighted by molar-refractivity contribution is 1.23. The molecule has 0 saturated carbocycles. The Morgan fingerprint density at radius 1 is 1.07 bits per heavy atom. The lowest BCUT2D eigenvalue weighted by atomic mass is 10.0. The van der Waals surface area contributed by atoms with Gasteiger partial charge in [0, 0.05) is 18.0 Å². The summed E-state index contributed by atoms with van der Waals surface area (Å²) in [5.74, 6) is 0. The van der Waals surface area contributed by atoms with Crippen molar-refractivity contribution in [2.24, 2.45) is 5.10 Å². The fourth-order valence-electron chi connectivity index (χ4n) is 1.87. The molecule has 0 radical (unpaired) electrons. The van der Waals surface area contributed by atoms with Crippen LogP contribution in [0.3, 0.4) is 0 Å². The number of fused-ring (bicyclic) bond motifs is 3. The largest absolute Gasteiger partial charge is 0.278 e. The van der Waals surface area contributed by atoms with E-state index in [1.807, 2.05) is 6.21 Å². The molecular weight excluding hydrogens is 172 g/mol. The maximum atomic E-state index is 4.09. The number of nitrogens with one attached hydrogen (secondary N) is 1. The third-order valence-corrected chi connectivity index (χ3v) is 2.59. The van der Waals surface area contributed by atoms with Gasteiger partial charge in [-0.25, -0.2) is 0 Å².